The zero-order chi connectivity index (χ0) is 16.9. The van der Waals surface area contributed by atoms with Crippen LogP contribution in [0.15, 0.2) is 42.5 Å². The standard InChI is InChI=1S/C21H25NO2/c1-15(18-10-9-17-5-3-4-6-19(17)14-18)22-21(23)13-16-7-11-20(24-2)12-8-16/h7-12,14-15H,3-6,13H2,1-2H3,(H,22,23)/t15-/m1/s1. The van der Waals surface area contributed by atoms with E-state index < -0.39 is 0 Å². The van der Waals surface area contributed by atoms with Gasteiger partial charge in [0.25, 0.3) is 0 Å². The smallest absolute Gasteiger partial charge is 0.224 e. The van der Waals surface area contributed by atoms with Crippen molar-refractivity contribution in [3.8, 4) is 5.75 Å². The number of ether oxygens (including phenoxy) is 1. The Balaban J connectivity index is 1.61. The summed E-state index contributed by atoms with van der Waals surface area (Å²) in [6, 6.07) is 14.3. The molecule has 0 saturated carbocycles. The fraction of sp³-hybridized carbons (Fsp3) is 0.381. The molecule has 24 heavy (non-hydrogen) atoms. The van der Waals surface area contributed by atoms with E-state index in [9.17, 15) is 4.79 Å². The van der Waals surface area contributed by atoms with Crippen LogP contribution in [0.3, 0.4) is 0 Å². The van der Waals surface area contributed by atoms with Gasteiger partial charge in [0.2, 0.25) is 5.91 Å². The highest BCUT2D eigenvalue weighted by molar-refractivity contribution is 5.79. The van der Waals surface area contributed by atoms with Crippen molar-refractivity contribution < 1.29 is 9.53 Å². The maximum Gasteiger partial charge on any atom is 0.224 e. The Hall–Kier alpha value is -2.29. The van der Waals surface area contributed by atoms with Gasteiger partial charge in [0.05, 0.1) is 19.6 Å². The van der Waals surface area contributed by atoms with E-state index >= 15 is 0 Å². The number of amides is 1. The highest BCUT2D eigenvalue weighted by Crippen LogP contribution is 2.24. The van der Waals surface area contributed by atoms with Crippen LogP contribution in [0.5, 0.6) is 5.75 Å². The molecule has 0 spiro atoms. The number of hydrogen-bond acceptors (Lipinski definition) is 2. The number of rotatable bonds is 5. The third kappa shape index (κ3) is 3.97. The second-order valence-electron chi connectivity index (χ2n) is 6.55. The Labute approximate surface area is 144 Å². The Kier molecular flexibility index (Phi) is 5.19. The number of aryl methyl sites for hydroxylation is 2. The maximum atomic E-state index is 12.3. The summed E-state index contributed by atoms with van der Waals surface area (Å²) in [4.78, 5) is 12.3. The third-order valence-electron chi connectivity index (χ3n) is 4.77. The molecule has 3 heteroatoms. The lowest BCUT2D eigenvalue weighted by Gasteiger charge is -2.20. The predicted molar refractivity (Wildman–Crippen MR) is 96.3 cm³/mol. The van der Waals surface area contributed by atoms with Crippen LogP contribution in [0.4, 0.5) is 0 Å². The minimum Gasteiger partial charge on any atom is -0.497 e. The normalized spacial score (nSPS) is 14.6. The number of fused-ring (bicyclic) bond motifs is 1. The monoisotopic (exact) mass is 323 g/mol. The number of carbonyl (C=O) groups excluding carboxylic acids is 1. The molecule has 0 saturated heterocycles. The predicted octanol–water partition coefficient (Wildman–Crippen LogP) is 3.99. The van der Waals surface area contributed by atoms with Crippen LogP contribution in [-0.2, 0) is 24.1 Å². The van der Waals surface area contributed by atoms with E-state index in [-0.39, 0.29) is 11.9 Å². The number of nitrogens with one attached hydrogen (secondary N) is 1. The molecule has 1 N–H and O–H groups in total. The zero-order valence-corrected chi connectivity index (χ0v) is 14.5. The first-order valence-electron chi connectivity index (χ1n) is 8.69. The summed E-state index contributed by atoms with van der Waals surface area (Å²) in [7, 11) is 1.64. The summed E-state index contributed by atoms with van der Waals surface area (Å²) in [5.41, 5.74) is 5.11. The first-order chi connectivity index (χ1) is 11.7. The van der Waals surface area contributed by atoms with Crippen LogP contribution in [-0.4, -0.2) is 13.0 Å². The molecule has 3 nitrogen and oxygen atoms in total. The molecule has 0 aromatic heterocycles. The SMILES string of the molecule is COc1ccc(CC(=O)N[C@H](C)c2ccc3c(c2)CCCC3)cc1. The molecular weight excluding hydrogens is 298 g/mol. The Morgan fingerprint density at radius 1 is 1.08 bits per heavy atom. The van der Waals surface area contributed by atoms with Gasteiger partial charge in [-0.15, -0.1) is 0 Å². The van der Waals surface area contributed by atoms with E-state index in [0.717, 1.165) is 17.7 Å². The van der Waals surface area contributed by atoms with Crippen molar-refractivity contribution in [3.63, 3.8) is 0 Å². The molecule has 2 aromatic rings. The van der Waals surface area contributed by atoms with Crippen molar-refractivity contribution in [2.75, 3.05) is 7.11 Å². The fourth-order valence-corrected chi connectivity index (χ4v) is 3.33. The van der Waals surface area contributed by atoms with Crippen molar-refractivity contribution >= 4 is 5.91 Å². The molecule has 0 unspecified atom stereocenters. The van der Waals surface area contributed by atoms with Crippen molar-refractivity contribution in [2.24, 2.45) is 0 Å². The molecule has 0 aliphatic heterocycles. The second kappa shape index (κ2) is 7.52. The van der Waals surface area contributed by atoms with Gasteiger partial charge in [0, 0.05) is 0 Å². The molecule has 1 atom stereocenters. The van der Waals surface area contributed by atoms with Crippen molar-refractivity contribution in [1.82, 2.24) is 5.32 Å². The average Bonchev–Trinajstić information content (AvgIpc) is 2.61. The van der Waals surface area contributed by atoms with Crippen LogP contribution in [0.2, 0.25) is 0 Å². The minimum atomic E-state index is 0.0305. The molecule has 0 radical (unpaired) electrons. The summed E-state index contributed by atoms with van der Waals surface area (Å²) >= 11 is 0. The Bertz CT molecular complexity index is 706. The summed E-state index contributed by atoms with van der Waals surface area (Å²) in [6.45, 7) is 2.05. The lowest BCUT2D eigenvalue weighted by atomic mass is 9.89. The Morgan fingerprint density at radius 2 is 1.79 bits per heavy atom. The van der Waals surface area contributed by atoms with Gasteiger partial charge >= 0.3 is 0 Å². The molecule has 3 rings (SSSR count). The molecule has 1 aliphatic carbocycles. The van der Waals surface area contributed by atoms with Gasteiger partial charge in [-0.1, -0.05) is 30.3 Å². The van der Waals surface area contributed by atoms with Crippen LogP contribution in [0, 0.1) is 0 Å². The first-order valence-corrected chi connectivity index (χ1v) is 8.69. The number of benzene rings is 2. The zero-order valence-electron chi connectivity index (χ0n) is 14.5. The molecule has 1 amide bonds. The maximum absolute atomic E-state index is 12.3. The first kappa shape index (κ1) is 16.6. The van der Waals surface area contributed by atoms with Gasteiger partial charge in [0.1, 0.15) is 5.75 Å². The van der Waals surface area contributed by atoms with Gasteiger partial charge in [-0.05, 0) is 67.0 Å². The van der Waals surface area contributed by atoms with E-state index in [4.69, 9.17) is 4.74 Å². The summed E-state index contributed by atoms with van der Waals surface area (Å²) in [6.07, 6.45) is 5.30. The van der Waals surface area contributed by atoms with Crippen molar-refractivity contribution in [2.45, 2.75) is 45.1 Å². The molecule has 0 heterocycles. The third-order valence-corrected chi connectivity index (χ3v) is 4.77. The quantitative estimate of drug-likeness (QED) is 0.903. The lowest BCUT2D eigenvalue weighted by Crippen LogP contribution is -2.28. The van der Waals surface area contributed by atoms with E-state index in [0.29, 0.717) is 6.42 Å². The molecule has 0 fully saturated rings. The van der Waals surface area contributed by atoms with Crippen LogP contribution >= 0.6 is 0 Å². The molecule has 2 aromatic carbocycles. The van der Waals surface area contributed by atoms with Crippen molar-refractivity contribution in [1.29, 1.82) is 0 Å². The Morgan fingerprint density at radius 3 is 2.50 bits per heavy atom. The highest BCUT2D eigenvalue weighted by Gasteiger charge is 2.14. The summed E-state index contributed by atoms with van der Waals surface area (Å²) < 4.78 is 5.14. The van der Waals surface area contributed by atoms with Crippen LogP contribution < -0.4 is 10.1 Å². The van der Waals surface area contributed by atoms with Gasteiger partial charge in [-0.25, -0.2) is 0 Å². The second-order valence-corrected chi connectivity index (χ2v) is 6.55. The van der Waals surface area contributed by atoms with Gasteiger partial charge in [-0.2, -0.15) is 0 Å². The average molecular weight is 323 g/mol. The molecule has 1 aliphatic rings. The number of methoxy groups -OCH3 is 1. The van der Waals surface area contributed by atoms with E-state index in [1.807, 2.05) is 24.3 Å². The van der Waals surface area contributed by atoms with E-state index in [1.165, 1.54) is 36.0 Å². The van der Waals surface area contributed by atoms with Crippen molar-refractivity contribution in [3.05, 3.63) is 64.7 Å². The molecule has 126 valence electrons. The van der Waals surface area contributed by atoms with Gasteiger partial charge < -0.3 is 10.1 Å². The highest BCUT2D eigenvalue weighted by atomic mass is 16.5. The minimum absolute atomic E-state index is 0.0305. The number of carbonyl (C=O) groups is 1. The van der Waals surface area contributed by atoms with E-state index in [1.54, 1.807) is 7.11 Å². The summed E-state index contributed by atoms with van der Waals surface area (Å²) in [5.74, 6) is 0.854. The summed E-state index contributed by atoms with van der Waals surface area (Å²) in [5, 5.41) is 3.11. The molecular formula is C21H25NO2. The van der Waals surface area contributed by atoms with Crippen LogP contribution in [0.25, 0.3) is 0 Å². The van der Waals surface area contributed by atoms with Gasteiger partial charge in [-0.3, -0.25) is 4.79 Å². The lowest BCUT2D eigenvalue weighted by molar-refractivity contribution is -0.121. The van der Waals surface area contributed by atoms with E-state index in [2.05, 4.69) is 30.4 Å². The van der Waals surface area contributed by atoms with Gasteiger partial charge in [0.15, 0.2) is 0 Å². The fourth-order valence-electron chi connectivity index (χ4n) is 3.33. The topological polar surface area (TPSA) is 38.3 Å². The number of hydrogen-bond donors (Lipinski definition) is 1. The molecule has 0 bridgehead atoms. The van der Waals surface area contributed by atoms with Crippen LogP contribution in [0.1, 0.15) is 48.1 Å². The largest absolute Gasteiger partial charge is 0.497 e.